The Bertz CT molecular complexity index is 1150. The topological polar surface area (TPSA) is 119 Å². The zero-order valence-corrected chi connectivity index (χ0v) is 19.1. The lowest BCUT2D eigenvalue weighted by Crippen LogP contribution is -2.68. The van der Waals surface area contributed by atoms with Crippen LogP contribution in [0.25, 0.3) is 0 Å². The second-order valence-electron chi connectivity index (χ2n) is 9.32. The summed E-state index contributed by atoms with van der Waals surface area (Å²) in [6, 6.07) is 5.04. The number of halogens is 3. The van der Waals surface area contributed by atoms with E-state index < -0.39 is 36.0 Å². The van der Waals surface area contributed by atoms with Crippen LogP contribution in [-0.2, 0) is 11.0 Å². The third kappa shape index (κ3) is 4.24. The number of aromatic nitrogens is 3. The lowest BCUT2D eigenvalue weighted by Gasteiger charge is -2.47. The summed E-state index contributed by atoms with van der Waals surface area (Å²) in [7, 11) is 0. The minimum absolute atomic E-state index is 0.0766. The molecular formula is C23H25F3N8O. The fourth-order valence-electron chi connectivity index (χ4n) is 5.20. The van der Waals surface area contributed by atoms with Crippen LogP contribution >= 0.6 is 0 Å². The number of carbonyl (C=O) groups is 1. The number of carbonyl (C=O) groups excluding carboxylic acids is 1. The van der Waals surface area contributed by atoms with E-state index in [9.17, 15) is 23.2 Å². The van der Waals surface area contributed by atoms with Crippen LogP contribution in [0.2, 0.25) is 0 Å². The normalized spacial score (nSPS) is 31.7. The van der Waals surface area contributed by atoms with Crippen LogP contribution in [0.4, 0.5) is 13.2 Å². The summed E-state index contributed by atoms with van der Waals surface area (Å²) in [6.07, 6.45) is -0.711. The molecule has 35 heavy (non-hydrogen) atoms. The number of nitrogens with one attached hydrogen (secondary N) is 3. The van der Waals surface area contributed by atoms with Gasteiger partial charge in [-0.1, -0.05) is 6.07 Å². The number of amides is 1. The van der Waals surface area contributed by atoms with Crippen molar-refractivity contribution in [2.45, 2.75) is 63.2 Å². The fourth-order valence-corrected chi connectivity index (χ4v) is 5.20. The fraction of sp³-hybridized carbons (Fsp3) is 0.522. The molecule has 3 fully saturated rings. The highest BCUT2D eigenvalue weighted by Gasteiger charge is 2.54. The second kappa shape index (κ2) is 8.82. The van der Waals surface area contributed by atoms with Crippen LogP contribution in [0.5, 0.6) is 0 Å². The number of hydrogen-bond acceptors (Lipinski definition) is 8. The van der Waals surface area contributed by atoms with Gasteiger partial charge in [-0.15, -0.1) is 0 Å². The number of fused-ring (bicyclic) bond motifs is 1. The van der Waals surface area contributed by atoms with E-state index in [1.165, 1.54) is 12.3 Å². The first-order chi connectivity index (χ1) is 16.7. The number of aryl methyl sites for hydroxylation is 1. The summed E-state index contributed by atoms with van der Waals surface area (Å²) in [5.41, 5.74) is 3.51. The number of alkyl halides is 3. The standard InChI is InChI=1S/C23H25F3N8O/c1-11-7-8-28-19(30-11)14-4-5-15(14)20-31-21-18(22(35)32-20)16(9-27)33-34(21)12(2)13-3-6-17(29-10-13)23(24,25)26/h3,6-8,10,12,14-16,18,20-21,31,33H,4-5H2,1-2H3,(H,32,35)/t12-,14+,15+,16?,18?,20?,21?/m0/s1. The molecule has 2 aliphatic heterocycles. The first kappa shape index (κ1) is 23.6. The minimum Gasteiger partial charge on any atom is -0.340 e. The molecule has 5 rings (SSSR count). The Kier molecular flexibility index (Phi) is 5.94. The molecule has 7 atom stereocenters. The molecule has 0 aromatic carbocycles. The molecule has 2 aromatic heterocycles. The average molecular weight is 487 g/mol. The molecule has 184 valence electrons. The third-order valence-electron chi connectivity index (χ3n) is 7.25. The number of nitriles is 1. The monoisotopic (exact) mass is 486 g/mol. The van der Waals surface area contributed by atoms with Gasteiger partial charge in [-0.3, -0.25) is 15.1 Å². The first-order valence-corrected chi connectivity index (χ1v) is 11.5. The van der Waals surface area contributed by atoms with Gasteiger partial charge in [0.15, 0.2) is 0 Å². The number of pyridine rings is 1. The SMILES string of the molecule is Cc1ccnc([C@@H]2CC[C@H]2C2NC(=O)C3C(C#N)NN([C@@H](C)c4ccc(C(F)(F)F)nc4)C3N2)n1. The highest BCUT2D eigenvalue weighted by molar-refractivity contribution is 5.82. The molecule has 0 spiro atoms. The lowest BCUT2D eigenvalue weighted by molar-refractivity contribution is -0.141. The minimum atomic E-state index is -4.53. The first-order valence-electron chi connectivity index (χ1n) is 11.5. The van der Waals surface area contributed by atoms with Crippen LogP contribution in [0, 0.1) is 30.1 Å². The Balaban J connectivity index is 1.37. The molecule has 0 radical (unpaired) electrons. The van der Waals surface area contributed by atoms with Crippen molar-refractivity contribution in [3.63, 3.8) is 0 Å². The van der Waals surface area contributed by atoms with Gasteiger partial charge >= 0.3 is 6.18 Å². The number of hydrazine groups is 1. The van der Waals surface area contributed by atoms with E-state index in [2.05, 4.69) is 37.1 Å². The lowest BCUT2D eigenvalue weighted by atomic mass is 9.70. The molecule has 2 aromatic rings. The van der Waals surface area contributed by atoms with E-state index in [-0.39, 0.29) is 23.9 Å². The van der Waals surface area contributed by atoms with Gasteiger partial charge < -0.3 is 5.32 Å². The smallest absolute Gasteiger partial charge is 0.340 e. The third-order valence-corrected chi connectivity index (χ3v) is 7.25. The van der Waals surface area contributed by atoms with Crippen molar-refractivity contribution in [2.75, 3.05) is 0 Å². The van der Waals surface area contributed by atoms with Gasteiger partial charge in [0.25, 0.3) is 0 Å². The van der Waals surface area contributed by atoms with Gasteiger partial charge in [0, 0.05) is 36.0 Å². The van der Waals surface area contributed by atoms with Crippen LogP contribution in [0.15, 0.2) is 30.6 Å². The molecule has 1 aliphatic carbocycles. The number of hydrogen-bond donors (Lipinski definition) is 3. The van der Waals surface area contributed by atoms with E-state index in [1.54, 1.807) is 18.1 Å². The summed E-state index contributed by atoms with van der Waals surface area (Å²) in [6.45, 7) is 3.70. The van der Waals surface area contributed by atoms with Gasteiger partial charge in [-0.2, -0.15) is 18.4 Å². The Morgan fingerprint density at radius 2 is 2.03 bits per heavy atom. The van der Waals surface area contributed by atoms with Gasteiger partial charge in [0.2, 0.25) is 5.91 Å². The van der Waals surface area contributed by atoms with Crippen molar-refractivity contribution < 1.29 is 18.0 Å². The molecule has 3 aliphatic rings. The highest BCUT2D eigenvalue weighted by Crippen LogP contribution is 2.44. The average Bonchev–Trinajstić information content (AvgIpc) is 3.17. The number of nitrogens with zero attached hydrogens (tertiary/aromatic N) is 5. The Morgan fingerprint density at radius 1 is 1.23 bits per heavy atom. The van der Waals surface area contributed by atoms with Crippen molar-refractivity contribution in [2.24, 2.45) is 11.8 Å². The van der Waals surface area contributed by atoms with Crippen molar-refractivity contribution in [3.8, 4) is 6.07 Å². The van der Waals surface area contributed by atoms with Crippen LogP contribution in [0.3, 0.4) is 0 Å². The Labute approximate surface area is 200 Å². The highest BCUT2D eigenvalue weighted by atomic mass is 19.4. The van der Waals surface area contributed by atoms with Crippen molar-refractivity contribution in [1.29, 1.82) is 5.26 Å². The van der Waals surface area contributed by atoms with E-state index in [0.29, 0.717) is 5.56 Å². The Hall–Kier alpha value is -3.14. The molecule has 9 nitrogen and oxygen atoms in total. The van der Waals surface area contributed by atoms with Crippen LogP contribution < -0.4 is 16.1 Å². The molecule has 12 heteroatoms. The predicted octanol–water partition coefficient (Wildman–Crippen LogP) is 2.15. The van der Waals surface area contributed by atoms with E-state index >= 15 is 0 Å². The second-order valence-corrected chi connectivity index (χ2v) is 9.32. The zero-order chi connectivity index (χ0) is 24.9. The van der Waals surface area contributed by atoms with Crippen molar-refractivity contribution in [1.82, 2.24) is 36.0 Å². The van der Waals surface area contributed by atoms with Crippen molar-refractivity contribution >= 4 is 5.91 Å². The van der Waals surface area contributed by atoms with Crippen LogP contribution in [-0.4, -0.2) is 44.2 Å². The molecule has 1 saturated carbocycles. The van der Waals surface area contributed by atoms with Gasteiger partial charge in [0.1, 0.15) is 17.6 Å². The van der Waals surface area contributed by atoms with E-state index in [0.717, 1.165) is 30.4 Å². The molecular weight excluding hydrogens is 461 g/mol. The predicted molar refractivity (Wildman–Crippen MR) is 117 cm³/mol. The van der Waals surface area contributed by atoms with Crippen LogP contribution in [0.1, 0.15) is 54.5 Å². The quantitative estimate of drug-likeness (QED) is 0.602. The van der Waals surface area contributed by atoms with E-state index in [1.807, 2.05) is 13.0 Å². The Morgan fingerprint density at radius 3 is 2.63 bits per heavy atom. The zero-order valence-electron chi connectivity index (χ0n) is 19.1. The maximum atomic E-state index is 13.1. The van der Waals surface area contributed by atoms with Gasteiger partial charge in [0.05, 0.1) is 24.3 Å². The van der Waals surface area contributed by atoms with Gasteiger partial charge in [-0.05, 0) is 44.4 Å². The maximum Gasteiger partial charge on any atom is 0.433 e. The van der Waals surface area contributed by atoms with Crippen molar-refractivity contribution in [3.05, 3.63) is 53.4 Å². The molecule has 0 bridgehead atoms. The number of rotatable bonds is 4. The summed E-state index contributed by atoms with van der Waals surface area (Å²) in [5, 5.41) is 17.9. The van der Waals surface area contributed by atoms with Gasteiger partial charge in [-0.25, -0.2) is 20.4 Å². The molecule has 1 amide bonds. The summed E-state index contributed by atoms with van der Waals surface area (Å²) in [5.74, 6) is -0.00766. The largest absolute Gasteiger partial charge is 0.433 e. The molecule has 4 unspecified atom stereocenters. The molecule has 2 saturated heterocycles. The summed E-state index contributed by atoms with van der Waals surface area (Å²) in [4.78, 5) is 25.7. The summed E-state index contributed by atoms with van der Waals surface area (Å²) < 4.78 is 38.8. The van der Waals surface area contributed by atoms with E-state index in [4.69, 9.17) is 0 Å². The molecule has 3 N–H and O–H groups in total. The maximum absolute atomic E-state index is 13.1. The molecule has 4 heterocycles. The summed E-state index contributed by atoms with van der Waals surface area (Å²) >= 11 is 0.